The van der Waals surface area contributed by atoms with Crippen molar-refractivity contribution in [2.45, 2.75) is 0 Å². The van der Waals surface area contributed by atoms with Gasteiger partial charge in [0.15, 0.2) is 0 Å². The fourth-order valence-electron chi connectivity index (χ4n) is 1.78. The first-order valence-corrected chi connectivity index (χ1v) is 5.68. The van der Waals surface area contributed by atoms with Crippen LogP contribution in [0.15, 0.2) is 12.4 Å². The third-order valence-corrected chi connectivity index (χ3v) is 2.94. The summed E-state index contributed by atoms with van der Waals surface area (Å²) in [6.45, 7) is 4.02. The number of nitrogens with zero attached hydrogens (tertiary/aromatic N) is 4. The van der Waals surface area contributed by atoms with Gasteiger partial charge in [-0.3, -0.25) is 4.79 Å². The highest BCUT2D eigenvalue weighted by Gasteiger charge is 2.15. The fraction of sp³-hybridized carbons (Fsp3) is 0.545. The predicted molar refractivity (Wildman–Crippen MR) is 65.1 cm³/mol. The lowest BCUT2D eigenvalue weighted by molar-refractivity contribution is 0.0953. The zero-order chi connectivity index (χ0) is 12.3. The topological polar surface area (TPSA) is 61.4 Å². The Labute approximate surface area is 101 Å². The molecule has 17 heavy (non-hydrogen) atoms. The van der Waals surface area contributed by atoms with Crippen LogP contribution < -0.4 is 10.2 Å². The van der Waals surface area contributed by atoms with Crippen LogP contribution in [-0.2, 0) is 0 Å². The van der Waals surface area contributed by atoms with Crippen molar-refractivity contribution >= 4 is 11.6 Å². The first-order chi connectivity index (χ1) is 8.20. The number of aromatic nitrogens is 2. The van der Waals surface area contributed by atoms with Gasteiger partial charge < -0.3 is 15.1 Å². The number of carbonyl (C=O) groups excluding carboxylic acids is 1. The zero-order valence-electron chi connectivity index (χ0n) is 10.2. The highest BCUT2D eigenvalue weighted by molar-refractivity contribution is 5.90. The van der Waals surface area contributed by atoms with E-state index in [9.17, 15) is 4.79 Å². The molecule has 1 aromatic rings. The minimum atomic E-state index is -0.255. The van der Waals surface area contributed by atoms with E-state index >= 15 is 0 Å². The lowest BCUT2D eigenvalue weighted by atomic mass is 10.3. The summed E-state index contributed by atoms with van der Waals surface area (Å²) >= 11 is 0. The quantitative estimate of drug-likeness (QED) is 0.755. The van der Waals surface area contributed by atoms with Crippen LogP contribution >= 0.6 is 0 Å². The van der Waals surface area contributed by atoms with Gasteiger partial charge in [0.1, 0.15) is 0 Å². The van der Waals surface area contributed by atoms with Gasteiger partial charge in [0, 0.05) is 33.2 Å². The molecule has 6 heteroatoms. The summed E-state index contributed by atoms with van der Waals surface area (Å²) in [5.74, 6) is -0.0414. The average molecular weight is 235 g/mol. The van der Waals surface area contributed by atoms with Crippen molar-refractivity contribution in [3.05, 3.63) is 18.2 Å². The Morgan fingerprint density at radius 2 is 1.82 bits per heavy atom. The van der Waals surface area contributed by atoms with Gasteiger partial charge in [-0.15, -0.1) is 0 Å². The van der Waals surface area contributed by atoms with Crippen molar-refractivity contribution in [1.29, 1.82) is 0 Å². The van der Waals surface area contributed by atoms with Gasteiger partial charge in [-0.2, -0.15) is 0 Å². The maximum Gasteiger partial charge on any atom is 0.288 e. The Bertz CT molecular complexity index is 383. The second-order valence-corrected chi connectivity index (χ2v) is 4.13. The maximum atomic E-state index is 11.3. The molecule has 2 heterocycles. The molecule has 1 N–H and O–H groups in total. The highest BCUT2D eigenvalue weighted by atomic mass is 16.2. The number of anilines is 1. The van der Waals surface area contributed by atoms with Crippen molar-refractivity contribution in [1.82, 2.24) is 20.2 Å². The molecule has 0 bridgehead atoms. The molecule has 92 valence electrons. The van der Waals surface area contributed by atoms with E-state index in [0.29, 0.717) is 0 Å². The summed E-state index contributed by atoms with van der Waals surface area (Å²) in [7, 11) is 3.68. The molecule has 0 radical (unpaired) electrons. The van der Waals surface area contributed by atoms with E-state index in [-0.39, 0.29) is 11.7 Å². The van der Waals surface area contributed by atoms with E-state index in [1.165, 1.54) is 0 Å². The highest BCUT2D eigenvalue weighted by Crippen LogP contribution is 2.13. The Kier molecular flexibility index (Phi) is 3.53. The van der Waals surface area contributed by atoms with Gasteiger partial charge in [0.2, 0.25) is 5.82 Å². The first kappa shape index (κ1) is 11.8. The molecule has 0 spiro atoms. The summed E-state index contributed by atoms with van der Waals surface area (Å²) in [5, 5.41) is 2.50. The van der Waals surface area contributed by atoms with Crippen molar-refractivity contribution < 1.29 is 4.79 Å². The van der Waals surface area contributed by atoms with E-state index in [1.807, 2.05) is 0 Å². The Balaban J connectivity index is 2.05. The third-order valence-electron chi connectivity index (χ3n) is 2.94. The van der Waals surface area contributed by atoms with E-state index in [1.54, 1.807) is 19.4 Å². The van der Waals surface area contributed by atoms with Crippen molar-refractivity contribution in [2.24, 2.45) is 0 Å². The summed E-state index contributed by atoms with van der Waals surface area (Å²) in [4.78, 5) is 23.9. The Morgan fingerprint density at radius 1 is 1.24 bits per heavy atom. The average Bonchev–Trinajstić information content (AvgIpc) is 2.39. The lowest BCUT2D eigenvalue weighted by Gasteiger charge is -2.33. The van der Waals surface area contributed by atoms with Crippen LogP contribution in [0.3, 0.4) is 0 Å². The van der Waals surface area contributed by atoms with Gasteiger partial charge in [-0.05, 0) is 7.05 Å². The normalized spacial score (nSPS) is 16.9. The number of carbonyl (C=O) groups is 1. The molecule has 0 aromatic carbocycles. The number of likely N-dealkylation sites (N-methyl/N-ethyl adjacent to an activating group) is 1. The second-order valence-electron chi connectivity index (χ2n) is 4.13. The Hall–Kier alpha value is -1.69. The van der Waals surface area contributed by atoms with Crippen LogP contribution in [-0.4, -0.2) is 61.0 Å². The summed E-state index contributed by atoms with van der Waals surface area (Å²) < 4.78 is 0. The molecule has 1 fully saturated rings. The first-order valence-electron chi connectivity index (χ1n) is 5.68. The fourth-order valence-corrected chi connectivity index (χ4v) is 1.78. The number of rotatable bonds is 2. The van der Waals surface area contributed by atoms with Crippen LogP contribution in [0, 0.1) is 0 Å². The van der Waals surface area contributed by atoms with Gasteiger partial charge in [0.25, 0.3) is 5.91 Å². The van der Waals surface area contributed by atoms with Crippen molar-refractivity contribution in [3.63, 3.8) is 0 Å². The molecule has 0 unspecified atom stereocenters. The molecule has 0 atom stereocenters. The van der Waals surface area contributed by atoms with Crippen molar-refractivity contribution in [2.75, 3.05) is 45.2 Å². The molecule has 1 aliphatic rings. The molecule has 2 rings (SSSR count). The largest absolute Gasteiger partial charge is 0.366 e. The number of nitrogens with one attached hydrogen (secondary N) is 1. The van der Waals surface area contributed by atoms with Gasteiger partial charge in [-0.25, -0.2) is 9.97 Å². The number of amides is 1. The number of hydrogen-bond donors (Lipinski definition) is 1. The summed E-state index contributed by atoms with van der Waals surface area (Å²) in [6.07, 6.45) is 3.42. The van der Waals surface area contributed by atoms with E-state index < -0.39 is 0 Å². The van der Waals surface area contributed by atoms with Crippen LogP contribution in [0.4, 0.5) is 5.69 Å². The van der Waals surface area contributed by atoms with E-state index in [4.69, 9.17) is 0 Å². The molecule has 1 aromatic heterocycles. The number of hydrogen-bond acceptors (Lipinski definition) is 5. The summed E-state index contributed by atoms with van der Waals surface area (Å²) in [6, 6.07) is 0. The molecular formula is C11H17N5O. The maximum absolute atomic E-state index is 11.3. The predicted octanol–water partition coefficient (Wildman–Crippen LogP) is -0.412. The molecule has 0 saturated carbocycles. The standard InChI is InChI=1S/C11H17N5O/c1-12-11(17)10-13-7-9(8-14-10)16-5-3-15(2)4-6-16/h7-8H,3-6H2,1-2H3,(H,12,17). The van der Waals surface area contributed by atoms with Crippen molar-refractivity contribution in [3.8, 4) is 0 Å². The van der Waals surface area contributed by atoms with Crippen LogP contribution in [0.25, 0.3) is 0 Å². The van der Waals surface area contributed by atoms with Gasteiger partial charge >= 0.3 is 0 Å². The second kappa shape index (κ2) is 5.09. The minimum Gasteiger partial charge on any atom is -0.366 e. The molecule has 6 nitrogen and oxygen atoms in total. The smallest absolute Gasteiger partial charge is 0.288 e. The van der Waals surface area contributed by atoms with Crippen LogP contribution in [0.5, 0.6) is 0 Å². The van der Waals surface area contributed by atoms with Gasteiger partial charge in [0.05, 0.1) is 18.1 Å². The SMILES string of the molecule is CNC(=O)c1ncc(N2CCN(C)CC2)cn1. The van der Waals surface area contributed by atoms with Crippen LogP contribution in [0.2, 0.25) is 0 Å². The summed E-state index contributed by atoms with van der Waals surface area (Å²) in [5.41, 5.74) is 0.978. The van der Waals surface area contributed by atoms with E-state index in [0.717, 1.165) is 31.9 Å². The van der Waals surface area contributed by atoms with E-state index in [2.05, 4.69) is 32.1 Å². The zero-order valence-corrected chi connectivity index (χ0v) is 10.2. The number of piperazine rings is 1. The van der Waals surface area contributed by atoms with Crippen LogP contribution in [0.1, 0.15) is 10.6 Å². The molecule has 0 aliphatic carbocycles. The molecule has 1 saturated heterocycles. The molecule has 1 amide bonds. The third kappa shape index (κ3) is 2.71. The lowest BCUT2D eigenvalue weighted by Crippen LogP contribution is -2.44. The van der Waals surface area contributed by atoms with Gasteiger partial charge in [-0.1, -0.05) is 0 Å². The molecular weight excluding hydrogens is 218 g/mol. The Morgan fingerprint density at radius 3 is 2.35 bits per heavy atom. The minimum absolute atomic E-state index is 0.213. The molecule has 1 aliphatic heterocycles. The monoisotopic (exact) mass is 235 g/mol.